The molecule has 1 aliphatic rings. The summed E-state index contributed by atoms with van der Waals surface area (Å²) in [5, 5.41) is 10.7. The van der Waals surface area contributed by atoms with Gasteiger partial charge in [-0.25, -0.2) is 9.07 Å². The molecule has 0 spiro atoms. The van der Waals surface area contributed by atoms with Crippen molar-refractivity contribution in [1.82, 2.24) is 9.78 Å². The summed E-state index contributed by atoms with van der Waals surface area (Å²) in [4.78, 5) is 13.1. The lowest BCUT2D eigenvalue weighted by Crippen LogP contribution is -2.22. The lowest BCUT2D eigenvalue weighted by molar-refractivity contribution is 0.102. The number of aryl methyl sites for hydroxylation is 2. The Morgan fingerprint density at radius 2 is 1.64 bits per heavy atom. The monoisotopic (exact) mass is 438 g/mol. The molecule has 5 nitrogen and oxygen atoms in total. The van der Waals surface area contributed by atoms with Gasteiger partial charge in [0.25, 0.3) is 5.91 Å². The molecular formula is C27H23FN4O. The maximum absolute atomic E-state index is 14.8. The number of rotatable bonds is 4. The van der Waals surface area contributed by atoms with E-state index in [9.17, 15) is 9.18 Å². The summed E-state index contributed by atoms with van der Waals surface area (Å²) in [6, 6.07) is 21.8. The molecule has 0 saturated heterocycles. The van der Waals surface area contributed by atoms with Gasteiger partial charge in [0.1, 0.15) is 23.2 Å². The first-order valence-electron chi connectivity index (χ1n) is 10.8. The van der Waals surface area contributed by atoms with Gasteiger partial charge in [-0.2, -0.15) is 5.10 Å². The molecule has 1 aliphatic heterocycles. The molecule has 0 saturated carbocycles. The standard InChI is InChI=1S/C27H23FN4O/c1-17-7-11-19(12-8-17)24-15-25(21-5-3-4-6-23(21)28)32-26(31-24)22(16-29-32)27(33)30-20-13-9-18(2)10-14-20/h3-16,25,31H,1-2H3,(H,30,33)/t25-/m1/s1. The molecule has 164 valence electrons. The van der Waals surface area contributed by atoms with Gasteiger partial charge in [0, 0.05) is 16.9 Å². The van der Waals surface area contributed by atoms with E-state index < -0.39 is 6.04 Å². The van der Waals surface area contributed by atoms with Crippen molar-refractivity contribution >= 4 is 23.1 Å². The van der Waals surface area contributed by atoms with E-state index in [0.29, 0.717) is 22.6 Å². The second kappa shape index (κ2) is 8.39. The molecule has 5 rings (SSSR count). The fraction of sp³-hybridized carbons (Fsp3) is 0.111. The Morgan fingerprint density at radius 1 is 0.970 bits per heavy atom. The van der Waals surface area contributed by atoms with Crippen LogP contribution >= 0.6 is 0 Å². The van der Waals surface area contributed by atoms with E-state index in [0.717, 1.165) is 22.4 Å². The van der Waals surface area contributed by atoms with Crippen LogP contribution in [0.15, 0.2) is 85.1 Å². The quantitative estimate of drug-likeness (QED) is 0.414. The molecule has 0 radical (unpaired) electrons. The van der Waals surface area contributed by atoms with E-state index in [1.54, 1.807) is 22.9 Å². The van der Waals surface area contributed by atoms with Crippen molar-refractivity contribution in [2.45, 2.75) is 19.9 Å². The molecular weight excluding hydrogens is 415 g/mol. The van der Waals surface area contributed by atoms with Crippen molar-refractivity contribution in [3.05, 3.63) is 119 Å². The van der Waals surface area contributed by atoms with Crippen LogP contribution in [0.25, 0.3) is 5.70 Å². The Morgan fingerprint density at radius 3 is 2.33 bits per heavy atom. The average molecular weight is 439 g/mol. The summed E-state index contributed by atoms with van der Waals surface area (Å²) in [7, 11) is 0. The van der Waals surface area contributed by atoms with Crippen LogP contribution < -0.4 is 10.6 Å². The third kappa shape index (κ3) is 4.03. The van der Waals surface area contributed by atoms with Gasteiger partial charge in [-0.15, -0.1) is 0 Å². The highest BCUT2D eigenvalue weighted by atomic mass is 19.1. The molecule has 3 aromatic carbocycles. The van der Waals surface area contributed by atoms with Crippen LogP contribution in [0.3, 0.4) is 0 Å². The molecule has 33 heavy (non-hydrogen) atoms. The molecule has 4 aromatic rings. The first kappa shape index (κ1) is 20.7. The fourth-order valence-corrected chi connectivity index (χ4v) is 3.93. The van der Waals surface area contributed by atoms with Crippen LogP contribution in [-0.2, 0) is 0 Å². The Labute approximate surface area is 191 Å². The number of amides is 1. The second-order valence-corrected chi connectivity index (χ2v) is 8.21. The Bertz CT molecular complexity index is 1350. The number of nitrogens with one attached hydrogen (secondary N) is 2. The Kier molecular flexibility index (Phi) is 5.26. The van der Waals surface area contributed by atoms with E-state index in [1.165, 1.54) is 12.3 Å². The maximum atomic E-state index is 14.8. The lowest BCUT2D eigenvalue weighted by atomic mass is 10.00. The molecule has 0 unspecified atom stereocenters. The van der Waals surface area contributed by atoms with Gasteiger partial charge in [0.05, 0.1) is 6.20 Å². The number of hydrogen-bond acceptors (Lipinski definition) is 3. The maximum Gasteiger partial charge on any atom is 0.261 e. The van der Waals surface area contributed by atoms with Gasteiger partial charge in [-0.1, -0.05) is 65.7 Å². The van der Waals surface area contributed by atoms with Crippen LogP contribution in [0.5, 0.6) is 0 Å². The summed E-state index contributed by atoms with van der Waals surface area (Å²) in [6.45, 7) is 4.02. The number of carbonyl (C=O) groups excluding carboxylic acids is 1. The van der Waals surface area contributed by atoms with Gasteiger partial charge in [-0.05, 0) is 43.7 Å². The molecule has 0 fully saturated rings. The Balaban J connectivity index is 1.56. The molecule has 1 atom stereocenters. The number of nitrogens with zero attached hydrogens (tertiary/aromatic N) is 2. The second-order valence-electron chi connectivity index (χ2n) is 8.21. The number of benzene rings is 3. The molecule has 1 amide bonds. The van der Waals surface area contributed by atoms with Crippen LogP contribution in [0, 0.1) is 19.7 Å². The van der Waals surface area contributed by atoms with Gasteiger partial charge < -0.3 is 10.6 Å². The molecule has 1 aromatic heterocycles. The highest BCUT2D eigenvalue weighted by Crippen LogP contribution is 2.36. The average Bonchev–Trinajstić information content (AvgIpc) is 3.25. The van der Waals surface area contributed by atoms with E-state index >= 15 is 0 Å². The SMILES string of the molecule is Cc1ccc(NC(=O)c2cnn3c2NC(c2ccc(C)cc2)=C[C@@H]3c2ccccc2F)cc1. The van der Waals surface area contributed by atoms with Crippen LogP contribution in [0.1, 0.15) is 38.7 Å². The molecule has 0 aliphatic carbocycles. The van der Waals surface area contributed by atoms with Crippen LogP contribution in [0.4, 0.5) is 15.9 Å². The first-order valence-corrected chi connectivity index (χ1v) is 10.8. The van der Waals surface area contributed by atoms with Crippen molar-refractivity contribution < 1.29 is 9.18 Å². The lowest BCUT2D eigenvalue weighted by Gasteiger charge is -2.26. The molecule has 2 heterocycles. The zero-order chi connectivity index (χ0) is 22.9. The summed E-state index contributed by atoms with van der Waals surface area (Å²) < 4.78 is 16.4. The largest absolute Gasteiger partial charge is 0.339 e. The topological polar surface area (TPSA) is 59.0 Å². The van der Waals surface area contributed by atoms with Crippen molar-refractivity contribution in [3.8, 4) is 0 Å². The van der Waals surface area contributed by atoms with E-state index in [2.05, 4.69) is 15.7 Å². The third-order valence-corrected chi connectivity index (χ3v) is 5.78. The highest BCUT2D eigenvalue weighted by Gasteiger charge is 2.29. The van der Waals surface area contributed by atoms with Gasteiger partial charge in [0.2, 0.25) is 0 Å². The van der Waals surface area contributed by atoms with E-state index in [4.69, 9.17) is 0 Å². The summed E-state index contributed by atoms with van der Waals surface area (Å²) in [6.07, 6.45) is 3.45. The number of fused-ring (bicyclic) bond motifs is 1. The summed E-state index contributed by atoms with van der Waals surface area (Å²) in [5.41, 5.74) is 5.55. The smallest absolute Gasteiger partial charge is 0.261 e. The van der Waals surface area contributed by atoms with E-state index in [1.807, 2.05) is 68.5 Å². The van der Waals surface area contributed by atoms with Crippen LogP contribution in [-0.4, -0.2) is 15.7 Å². The molecule has 6 heteroatoms. The van der Waals surface area contributed by atoms with Crippen LogP contribution in [0.2, 0.25) is 0 Å². The normalized spacial score (nSPS) is 14.8. The number of hydrogen-bond donors (Lipinski definition) is 2. The predicted molar refractivity (Wildman–Crippen MR) is 129 cm³/mol. The van der Waals surface area contributed by atoms with Gasteiger partial charge in [0.15, 0.2) is 0 Å². The summed E-state index contributed by atoms with van der Waals surface area (Å²) in [5.74, 6) is -0.0907. The fourth-order valence-electron chi connectivity index (χ4n) is 3.93. The summed E-state index contributed by atoms with van der Waals surface area (Å²) >= 11 is 0. The predicted octanol–water partition coefficient (Wildman–Crippen LogP) is 5.95. The van der Waals surface area contributed by atoms with Gasteiger partial charge in [-0.3, -0.25) is 4.79 Å². The highest BCUT2D eigenvalue weighted by molar-refractivity contribution is 6.08. The molecule has 2 N–H and O–H groups in total. The van der Waals surface area contributed by atoms with Crippen molar-refractivity contribution in [3.63, 3.8) is 0 Å². The number of allylic oxidation sites excluding steroid dienone is 1. The molecule has 0 bridgehead atoms. The minimum absolute atomic E-state index is 0.287. The Hall–Kier alpha value is -4.19. The minimum Gasteiger partial charge on any atom is -0.339 e. The number of anilines is 2. The first-order chi connectivity index (χ1) is 16.0. The zero-order valence-corrected chi connectivity index (χ0v) is 18.3. The van der Waals surface area contributed by atoms with Crippen molar-refractivity contribution in [2.24, 2.45) is 0 Å². The number of halogens is 1. The van der Waals surface area contributed by atoms with Gasteiger partial charge >= 0.3 is 0 Å². The number of carbonyl (C=O) groups is 1. The number of aromatic nitrogens is 2. The van der Waals surface area contributed by atoms with Crippen molar-refractivity contribution in [2.75, 3.05) is 10.6 Å². The zero-order valence-electron chi connectivity index (χ0n) is 18.3. The van der Waals surface area contributed by atoms with Crippen molar-refractivity contribution in [1.29, 1.82) is 0 Å². The minimum atomic E-state index is -0.500. The third-order valence-electron chi connectivity index (χ3n) is 5.78. The van der Waals surface area contributed by atoms with E-state index in [-0.39, 0.29) is 11.7 Å².